The van der Waals surface area contributed by atoms with Crippen LogP contribution >= 0.6 is 0 Å². The molecule has 1 rings (SSSR count). The minimum Gasteiger partial charge on any atom is -0.103 e. The highest BCUT2D eigenvalue weighted by Gasteiger charge is 2.12. The van der Waals surface area contributed by atoms with Crippen LogP contribution in [0.15, 0.2) is 49.6 Å². The third kappa shape index (κ3) is 1.94. The lowest BCUT2D eigenvalue weighted by molar-refractivity contribution is 0.571. The Bertz CT molecular complexity index is 184. The Balaban J connectivity index is 2.53. The molecule has 0 radical (unpaired) electrons. The standard InChI is InChI=1S/C11H14/c1-3-7-10(4-2)11-8-5-6-9-11/h3-6,8-11H,1-2,7H2. The maximum Gasteiger partial charge on any atom is 0.00185 e. The Hall–Kier alpha value is -1.04. The van der Waals surface area contributed by atoms with Gasteiger partial charge in [0.15, 0.2) is 0 Å². The summed E-state index contributed by atoms with van der Waals surface area (Å²) in [6, 6.07) is 0. The molecule has 0 spiro atoms. The second-order valence-corrected chi connectivity index (χ2v) is 2.77. The van der Waals surface area contributed by atoms with Gasteiger partial charge in [0.2, 0.25) is 0 Å². The highest BCUT2D eigenvalue weighted by atomic mass is 14.2. The van der Waals surface area contributed by atoms with Crippen LogP contribution in [0.4, 0.5) is 0 Å². The van der Waals surface area contributed by atoms with Crippen LogP contribution in [-0.4, -0.2) is 0 Å². The van der Waals surface area contributed by atoms with E-state index in [0.29, 0.717) is 11.8 Å². The highest BCUT2D eigenvalue weighted by Crippen LogP contribution is 2.23. The fourth-order valence-electron chi connectivity index (χ4n) is 1.34. The van der Waals surface area contributed by atoms with Crippen LogP contribution in [0.5, 0.6) is 0 Å². The van der Waals surface area contributed by atoms with Gasteiger partial charge in [-0.15, -0.1) is 13.2 Å². The molecule has 0 aromatic carbocycles. The first kappa shape index (κ1) is 8.06. The number of hydrogen-bond donors (Lipinski definition) is 0. The number of rotatable bonds is 4. The van der Waals surface area contributed by atoms with Crippen molar-refractivity contribution in [2.24, 2.45) is 11.8 Å². The van der Waals surface area contributed by atoms with Crippen molar-refractivity contribution in [1.29, 1.82) is 0 Å². The van der Waals surface area contributed by atoms with Crippen LogP contribution < -0.4 is 0 Å². The minimum atomic E-state index is 0.530. The summed E-state index contributed by atoms with van der Waals surface area (Å²) >= 11 is 0. The summed E-state index contributed by atoms with van der Waals surface area (Å²) in [7, 11) is 0. The van der Waals surface area contributed by atoms with Crippen LogP contribution in [0, 0.1) is 11.8 Å². The van der Waals surface area contributed by atoms with Gasteiger partial charge >= 0.3 is 0 Å². The van der Waals surface area contributed by atoms with E-state index in [-0.39, 0.29) is 0 Å². The molecule has 0 nitrogen and oxygen atoms in total. The zero-order chi connectivity index (χ0) is 8.10. The van der Waals surface area contributed by atoms with Crippen molar-refractivity contribution < 1.29 is 0 Å². The number of allylic oxidation sites excluding steroid dienone is 6. The second-order valence-electron chi connectivity index (χ2n) is 2.77. The lowest BCUT2D eigenvalue weighted by Gasteiger charge is -2.13. The summed E-state index contributed by atoms with van der Waals surface area (Å²) in [5.41, 5.74) is 0. The molecule has 0 aromatic rings. The Morgan fingerprint density at radius 3 is 2.36 bits per heavy atom. The molecule has 1 aliphatic carbocycles. The maximum atomic E-state index is 3.81. The molecule has 0 aromatic heterocycles. The molecule has 58 valence electrons. The van der Waals surface area contributed by atoms with Gasteiger partial charge in [-0.1, -0.05) is 36.5 Å². The van der Waals surface area contributed by atoms with Gasteiger partial charge in [-0.05, 0) is 12.3 Å². The van der Waals surface area contributed by atoms with Crippen molar-refractivity contribution in [2.75, 3.05) is 0 Å². The molecule has 1 unspecified atom stereocenters. The van der Waals surface area contributed by atoms with Crippen LogP contribution in [0.3, 0.4) is 0 Å². The molecule has 0 fully saturated rings. The van der Waals surface area contributed by atoms with E-state index in [1.807, 2.05) is 12.2 Å². The highest BCUT2D eigenvalue weighted by molar-refractivity contribution is 5.20. The first-order valence-corrected chi connectivity index (χ1v) is 3.97. The van der Waals surface area contributed by atoms with E-state index in [1.54, 1.807) is 0 Å². The van der Waals surface area contributed by atoms with Gasteiger partial charge in [0.1, 0.15) is 0 Å². The molecule has 0 saturated heterocycles. The van der Waals surface area contributed by atoms with E-state index >= 15 is 0 Å². The summed E-state index contributed by atoms with van der Waals surface area (Å²) in [4.78, 5) is 0. The van der Waals surface area contributed by atoms with Gasteiger partial charge < -0.3 is 0 Å². The van der Waals surface area contributed by atoms with E-state index in [0.717, 1.165) is 6.42 Å². The molecule has 0 heterocycles. The van der Waals surface area contributed by atoms with Crippen LogP contribution in [0.2, 0.25) is 0 Å². The Morgan fingerprint density at radius 1 is 1.27 bits per heavy atom. The Kier molecular flexibility index (Phi) is 2.91. The monoisotopic (exact) mass is 146 g/mol. The smallest absolute Gasteiger partial charge is 0.00185 e. The third-order valence-corrected chi connectivity index (χ3v) is 2.01. The fourth-order valence-corrected chi connectivity index (χ4v) is 1.34. The van der Waals surface area contributed by atoms with Crippen LogP contribution in [0.1, 0.15) is 6.42 Å². The lowest BCUT2D eigenvalue weighted by Crippen LogP contribution is -2.04. The van der Waals surface area contributed by atoms with Gasteiger partial charge in [0.25, 0.3) is 0 Å². The van der Waals surface area contributed by atoms with Gasteiger partial charge in [-0.2, -0.15) is 0 Å². The topological polar surface area (TPSA) is 0 Å². The summed E-state index contributed by atoms with van der Waals surface area (Å²) in [5, 5.41) is 0. The summed E-state index contributed by atoms with van der Waals surface area (Å²) in [6.45, 7) is 7.53. The van der Waals surface area contributed by atoms with Crippen molar-refractivity contribution in [1.82, 2.24) is 0 Å². The predicted molar refractivity (Wildman–Crippen MR) is 50.3 cm³/mol. The fraction of sp³-hybridized carbons (Fsp3) is 0.273. The molecule has 0 N–H and O–H groups in total. The molecular weight excluding hydrogens is 132 g/mol. The summed E-state index contributed by atoms with van der Waals surface area (Å²) in [6.07, 6.45) is 13.6. The largest absolute Gasteiger partial charge is 0.103 e. The van der Waals surface area contributed by atoms with E-state index in [2.05, 4.69) is 37.5 Å². The van der Waals surface area contributed by atoms with Crippen molar-refractivity contribution in [2.45, 2.75) is 6.42 Å². The lowest BCUT2D eigenvalue weighted by atomic mass is 9.91. The summed E-state index contributed by atoms with van der Waals surface area (Å²) in [5.74, 6) is 1.08. The first-order chi connectivity index (χ1) is 5.38. The molecule has 11 heavy (non-hydrogen) atoms. The summed E-state index contributed by atoms with van der Waals surface area (Å²) < 4.78 is 0. The minimum absolute atomic E-state index is 0.530. The van der Waals surface area contributed by atoms with Gasteiger partial charge in [-0.3, -0.25) is 0 Å². The zero-order valence-electron chi connectivity index (χ0n) is 6.74. The second kappa shape index (κ2) is 3.97. The van der Waals surface area contributed by atoms with E-state index in [1.165, 1.54) is 0 Å². The maximum absolute atomic E-state index is 3.81. The average molecular weight is 146 g/mol. The molecule has 0 aliphatic heterocycles. The molecular formula is C11H14. The quantitative estimate of drug-likeness (QED) is 0.534. The van der Waals surface area contributed by atoms with Gasteiger partial charge in [-0.25, -0.2) is 0 Å². The third-order valence-electron chi connectivity index (χ3n) is 2.01. The molecule has 0 saturated carbocycles. The van der Waals surface area contributed by atoms with E-state index in [9.17, 15) is 0 Å². The van der Waals surface area contributed by atoms with Crippen molar-refractivity contribution >= 4 is 0 Å². The first-order valence-electron chi connectivity index (χ1n) is 3.97. The van der Waals surface area contributed by atoms with Gasteiger partial charge in [0.05, 0.1) is 0 Å². The number of hydrogen-bond acceptors (Lipinski definition) is 0. The Morgan fingerprint density at radius 2 is 1.91 bits per heavy atom. The van der Waals surface area contributed by atoms with Gasteiger partial charge in [0, 0.05) is 5.92 Å². The van der Waals surface area contributed by atoms with Crippen molar-refractivity contribution in [3.05, 3.63) is 49.6 Å². The van der Waals surface area contributed by atoms with Crippen molar-refractivity contribution in [3.63, 3.8) is 0 Å². The molecule has 1 aliphatic rings. The molecule has 0 bridgehead atoms. The molecule has 0 heteroatoms. The van der Waals surface area contributed by atoms with E-state index in [4.69, 9.17) is 0 Å². The molecule has 0 amide bonds. The van der Waals surface area contributed by atoms with E-state index < -0.39 is 0 Å². The average Bonchev–Trinajstić information content (AvgIpc) is 2.52. The SMILES string of the molecule is C=CCC(C=C)C1C=CC=C1. The van der Waals surface area contributed by atoms with Crippen molar-refractivity contribution in [3.8, 4) is 0 Å². The van der Waals surface area contributed by atoms with Crippen LogP contribution in [0.25, 0.3) is 0 Å². The molecule has 1 atom stereocenters. The predicted octanol–water partition coefficient (Wildman–Crippen LogP) is 3.11. The Labute approximate surface area is 68.6 Å². The van der Waals surface area contributed by atoms with Crippen LogP contribution in [-0.2, 0) is 0 Å². The normalized spacial score (nSPS) is 18.5. The zero-order valence-corrected chi connectivity index (χ0v) is 6.74.